The minimum Gasteiger partial charge on any atom is -0.485 e. The summed E-state index contributed by atoms with van der Waals surface area (Å²) >= 11 is 1.24. The molecule has 1 heterocycles. The Bertz CT molecular complexity index is 1130. The third kappa shape index (κ3) is 5.94. The van der Waals surface area contributed by atoms with E-state index in [1.165, 1.54) is 36.0 Å². The molecule has 0 radical (unpaired) electrons. The van der Waals surface area contributed by atoms with Crippen LogP contribution in [0.5, 0.6) is 5.75 Å². The summed E-state index contributed by atoms with van der Waals surface area (Å²) in [4.78, 5) is 22.5. The maximum absolute atomic E-state index is 12.3. The highest BCUT2D eigenvalue weighted by Crippen LogP contribution is 2.22. The predicted molar refractivity (Wildman–Crippen MR) is 123 cm³/mol. The Labute approximate surface area is 189 Å². The molecule has 0 saturated carbocycles. The molecule has 3 aromatic rings. The van der Waals surface area contributed by atoms with Gasteiger partial charge in [-0.25, -0.2) is 0 Å². The molecule has 0 spiro atoms. The van der Waals surface area contributed by atoms with Crippen LogP contribution in [-0.2, 0) is 17.9 Å². The number of nitro benzene ring substituents is 1. The molecule has 0 atom stereocenters. The van der Waals surface area contributed by atoms with Gasteiger partial charge in [-0.3, -0.25) is 19.5 Å². The van der Waals surface area contributed by atoms with Crippen LogP contribution in [0.25, 0.3) is 0 Å². The Hall–Kier alpha value is -3.66. The average molecular weight is 454 g/mol. The van der Waals surface area contributed by atoms with E-state index in [0.29, 0.717) is 23.2 Å². The van der Waals surface area contributed by atoms with Gasteiger partial charge in [-0.05, 0) is 43.2 Å². The summed E-state index contributed by atoms with van der Waals surface area (Å²) in [7, 11) is 0. The Morgan fingerprint density at radius 2 is 2.00 bits per heavy atom. The van der Waals surface area contributed by atoms with Gasteiger partial charge in [-0.2, -0.15) is 0 Å². The number of ether oxygens (including phenoxy) is 1. The summed E-state index contributed by atoms with van der Waals surface area (Å²) in [6.07, 6.45) is 1.73. The normalized spacial score (nSPS) is 10.6. The molecule has 1 aromatic heterocycles. The van der Waals surface area contributed by atoms with E-state index < -0.39 is 4.92 Å². The smallest absolute Gasteiger partial charge is 0.269 e. The number of aryl methyl sites for hydroxylation is 2. The van der Waals surface area contributed by atoms with Crippen molar-refractivity contribution in [2.24, 2.45) is 0 Å². The summed E-state index contributed by atoms with van der Waals surface area (Å²) in [5.41, 5.74) is 2.58. The first-order chi connectivity index (χ1) is 15.4. The van der Waals surface area contributed by atoms with E-state index in [0.717, 1.165) is 16.9 Å². The zero-order chi connectivity index (χ0) is 23.1. The van der Waals surface area contributed by atoms with Crippen molar-refractivity contribution in [2.75, 3.05) is 11.1 Å². The number of carbonyl (C=O) groups is 1. The van der Waals surface area contributed by atoms with Gasteiger partial charge >= 0.3 is 0 Å². The number of aromatic nitrogens is 3. The maximum atomic E-state index is 12.3. The second kappa shape index (κ2) is 10.6. The van der Waals surface area contributed by atoms with Gasteiger partial charge in [0.1, 0.15) is 12.4 Å². The Morgan fingerprint density at radius 1 is 1.25 bits per heavy atom. The third-order valence-corrected chi connectivity index (χ3v) is 5.47. The number of thioether (sulfide) groups is 1. The third-order valence-electron chi connectivity index (χ3n) is 4.50. The SMILES string of the molecule is C=CCn1c(COc2cc(C)ccc2C)nnc1SCC(=O)Nc1ccc([N+](=O)[O-])cc1. The van der Waals surface area contributed by atoms with Crippen LogP contribution in [0, 0.1) is 24.0 Å². The Kier molecular flexibility index (Phi) is 7.61. The number of benzene rings is 2. The van der Waals surface area contributed by atoms with Crippen molar-refractivity contribution >= 4 is 29.0 Å². The highest BCUT2D eigenvalue weighted by atomic mass is 32.2. The number of anilines is 1. The zero-order valence-corrected chi connectivity index (χ0v) is 18.6. The molecule has 2 aromatic carbocycles. The molecule has 0 bridgehead atoms. The van der Waals surface area contributed by atoms with Crippen LogP contribution >= 0.6 is 11.8 Å². The summed E-state index contributed by atoms with van der Waals surface area (Å²) < 4.78 is 7.79. The molecule has 9 nitrogen and oxygen atoms in total. The number of nitro groups is 1. The van der Waals surface area contributed by atoms with Crippen molar-refractivity contribution in [3.05, 3.63) is 82.2 Å². The van der Waals surface area contributed by atoms with Crippen LogP contribution in [0.1, 0.15) is 17.0 Å². The minimum atomic E-state index is -0.491. The molecule has 1 amide bonds. The maximum Gasteiger partial charge on any atom is 0.269 e. The number of nitrogens with zero attached hydrogens (tertiary/aromatic N) is 4. The van der Waals surface area contributed by atoms with Crippen molar-refractivity contribution in [1.82, 2.24) is 14.8 Å². The first-order valence-corrected chi connectivity index (χ1v) is 10.8. The van der Waals surface area contributed by atoms with Crippen LogP contribution in [0.3, 0.4) is 0 Å². The van der Waals surface area contributed by atoms with Crippen molar-refractivity contribution in [3.8, 4) is 5.75 Å². The fourth-order valence-corrected chi connectivity index (χ4v) is 3.61. The number of hydrogen-bond donors (Lipinski definition) is 1. The predicted octanol–water partition coefficient (Wildman–Crippen LogP) is 4.30. The van der Waals surface area contributed by atoms with E-state index in [4.69, 9.17) is 4.74 Å². The second-order valence-corrected chi connectivity index (χ2v) is 7.94. The highest BCUT2D eigenvalue weighted by molar-refractivity contribution is 7.99. The number of rotatable bonds is 10. The van der Waals surface area contributed by atoms with Crippen LogP contribution in [0.15, 0.2) is 60.3 Å². The lowest BCUT2D eigenvalue weighted by Crippen LogP contribution is -2.15. The molecule has 0 aliphatic heterocycles. The first kappa shape index (κ1) is 23.0. The van der Waals surface area contributed by atoms with Crippen molar-refractivity contribution in [2.45, 2.75) is 32.2 Å². The summed E-state index contributed by atoms with van der Waals surface area (Å²) in [6, 6.07) is 11.7. The lowest BCUT2D eigenvalue weighted by atomic mass is 10.1. The summed E-state index contributed by atoms with van der Waals surface area (Å²) in [5.74, 6) is 1.26. The van der Waals surface area contributed by atoms with Crippen molar-refractivity contribution in [3.63, 3.8) is 0 Å². The minimum absolute atomic E-state index is 0.0366. The molecule has 32 heavy (non-hydrogen) atoms. The average Bonchev–Trinajstić information content (AvgIpc) is 3.15. The van der Waals surface area contributed by atoms with Crippen LogP contribution < -0.4 is 10.1 Å². The molecule has 1 N–H and O–H groups in total. The summed E-state index contributed by atoms with van der Waals surface area (Å²) in [6.45, 7) is 8.48. The second-order valence-electron chi connectivity index (χ2n) is 7.00. The number of allylic oxidation sites excluding steroid dienone is 1. The monoisotopic (exact) mass is 453 g/mol. The molecule has 0 fully saturated rings. The fraction of sp³-hybridized carbons (Fsp3) is 0.227. The van der Waals surface area contributed by atoms with Gasteiger partial charge in [0, 0.05) is 24.4 Å². The standard InChI is InChI=1S/C22H23N5O4S/c1-4-11-26-20(13-31-19-12-15(2)5-6-16(19)3)24-25-22(26)32-14-21(28)23-17-7-9-18(10-8-17)27(29)30/h4-10,12H,1,11,13-14H2,2-3H3,(H,23,28). The van der Waals surface area contributed by atoms with Gasteiger partial charge in [0.05, 0.1) is 10.7 Å². The number of hydrogen-bond acceptors (Lipinski definition) is 7. The Balaban J connectivity index is 1.61. The Morgan fingerprint density at radius 3 is 2.69 bits per heavy atom. The molecule has 0 aliphatic carbocycles. The highest BCUT2D eigenvalue weighted by Gasteiger charge is 2.15. The van der Waals surface area contributed by atoms with Gasteiger partial charge in [0.2, 0.25) is 5.91 Å². The number of non-ortho nitro benzene ring substituents is 1. The fourth-order valence-electron chi connectivity index (χ4n) is 2.84. The van der Waals surface area contributed by atoms with Crippen LogP contribution in [-0.4, -0.2) is 31.3 Å². The molecule has 0 unspecified atom stereocenters. The molecule has 0 aliphatic rings. The quantitative estimate of drug-likeness (QED) is 0.211. The van der Waals surface area contributed by atoms with E-state index in [2.05, 4.69) is 22.1 Å². The van der Waals surface area contributed by atoms with Crippen LogP contribution in [0.4, 0.5) is 11.4 Å². The molecule has 0 saturated heterocycles. The lowest BCUT2D eigenvalue weighted by Gasteiger charge is -2.11. The lowest BCUT2D eigenvalue weighted by molar-refractivity contribution is -0.384. The van der Waals surface area contributed by atoms with Gasteiger partial charge in [-0.1, -0.05) is 30.0 Å². The molecular formula is C22H23N5O4S. The van der Waals surface area contributed by atoms with Crippen molar-refractivity contribution in [1.29, 1.82) is 0 Å². The van der Waals surface area contributed by atoms with Gasteiger partial charge in [0.25, 0.3) is 5.69 Å². The molecule has 3 rings (SSSR count). The topological polar surface area (TPSA) is 112 Å². The number of nitrogens with one attached hydrogen (secondary N) is 1. The van der Waals surface area contributed by atoms with E-state index in [-0.39, 0.29) is 24.0 Å². The molecule has 10 heteroatoms. The largest absolute Gasteiger partial charge is 0.485 e. The van der Waals surface area contributed by atoms with Gasteiger partial charge in [-0.15, -0.1) is 16.8 Å². The first-order valence-electron chi connectivity index (χ1n) is 9.77. The molecular weight excluding hydrogens is 430 g/mol. The van der Waals surface area contributed by atoms with Gasteiger partial charge < -0.3 is 10.1 Å². The van der Waals surface area contributed by atoms with Crippen molar-refractivity contribution < 1.29 is 14.5 Å². The van der Waals surface area contributed by atoms with Gasteiger partial charge in [0.15, 0.2) is 11.0 Å². The van der Waals surface area contributed by atoms with E-state index in [9.17, 15) is 14.9 Å². The van der Waals surface area contributed by atoms with Crippen LogP contribution in [0.2, 0.25) is 0 Å². The number of carbonyl (C=O) groups excluding carboxylic acids is 1. The zero-order valence-electron chi connectivity index (χ0n) is 17.8. The molecule has 166 valence electrons. The van der Waals surface area contributed by atoms with E-state index in [1.807, 2.05) is 36.6 Å². The number of amides is 1. The van der Waals surface area contributed by atoms with E-state index in [1.54, 1.807) is 6.08 Å². The summed E-state index contributed by atoms with van der Waals surface area (Å²) in [5, 5.41) is 22.4. The van der Waals surface area contributed by atoms with E-state index >= 15 is 0 Å².